The van der Waals surface area contributed by atoms with Gasteiger partial charge in [-0.2, -0.15) is 0 Å². The van der Waals surface area contributed by atoms with Crippen molar-refractivity contribution in [2.45, 2.75) is 45.4 Å². The van der Waals surface area contributed by atoms with Gasteiger partial charge in [-0.25, -0.2) is 4.98 Å². The van der Waals surface area contributed by atoms with Crippen LogP contribution in [0, 0.1) is 12.8 Å². The lowest BCUT2D eigenvalue weighted by atomic mass is 9.87. The summed E-state index contributed by atoms with van der Waals surface area (Å²) in [6.45, 7) is 3.12. The summed E-state index contributed by atoms with van der Waals surface area (Å²) in [5, 5.41) is 2.74. The minimum atomic E-state index is -0.355. The molecule has 38 heavy (non-hydrogen) atoms. The third kappa shape index (κ3) is 5.07. The number of carbonyl (C=O) groups is 2. The van der Waals surface area contributed by atoms with E-state index in [2.05, 4.69) is 41.5 Å². The quantitative estimate of drug-likeness (QED) is 0.359. The van der Waals surface area contributed by atoms with Crippen molar-refractivity contribution >= 4 is 11.8 Å². The number of aromatic nitrogens is 1. The van der Waals surface area contributed by atoms with Crippen molar-refractivity contribution in [3.8, 4) is 5.75 Å². The number of hydrogen-bond acceptors (Lipinski definition) is 6. The van der Waals surface area contributed by atoms with Gasteiger partial charge in [-0.1, -0.05) is 35.9 Å². The zero-order valence-electron chi connectivity index (χ0n) is 21.2. The molecule has 1 atom stereocenters. The number of benzene rings is 2. The summed E-state index contributed by atoms with van der Waals surface area (Å²) >= 11 is 0. The second-order valence-corrected chi connectivity index (χ2v) is 9.91. The zero-order valence-corrected chi connectivity index (χ0v) is 21.2. The molecule has 1 N–H and O–H groups in total. The second-order valence-electron chi connectivity index (χ2n) is 9.91. The van der Waals surface area contributed by atoms with Crippen LogP contribution in [-0.4, -0.2) is 28.2 Å². The highest BCUT2D eigenvalue weighted by Gasteiger charge is 2.39. The van der Waals surface area contributed by atoms with E-state index >= 15 is 0 Å². The van der Waals surface area contributed by atoms with Gasteiger partial charge in [0.25, 0.3) is 5.91 Å². The molecule has 1 aliphatic carbocycles. The van der Waals surface area contributed by atoms with Gasteiger partial charge in [0.1, 0.15) is 17.8 Å². The zero-order chi connectivity index (χ0) is 26.1. The number of carbonyl (C=O) groups excluding carboxylic acids is 2. The molecule has 2 aromatic heterocycles. The molecule has 1 fully saturated rings. The monoisotopic (exact) mass is 511 g/mol. The van der Waals surface area contributed by atoms with Crippen LogP contribution in [0.4, 0.5) is 0 Å². The summed E-state index contributed by atoms with van der Waals surface area (Å²) in [5.41, 5.74) is 4.74. The molecule has 0 radical (unpaired) electrons. The van der Waals surface area contributed by atoms with Gasteiger partial charge >= 0.3 is 0 Å². The predicted octanol–water partition coefficient (Wildman–Crippen LogP) is 4.97. The maximum atomic E-state index is 13.2. The van der Waals surface area contributed by atoms with Crippen LogP contribution < -0.4 is 10.1 Å². The minimum absolute atomic E-state index is 0.0735. The smallest absolute Gasteiger partial charge is 0.273 e. The van der Waals surface area contributed by atoms with Crippen molar-refractivity contribution < 1.29 is 23.2 Å². The first-order valence-electron chi connectivity index (χ1n) is 12.9. The number of aryl methyl sites for hydroxylation is 1. The fraction of sp³-hybridized carbons (Fsp3) is 0.300. The molecule has 0 saturated heterocycles. The van der Waals surface area contributed by atoms with Crippen molar-refractivity contribution in [3.63, 3.8) is 0 Å². The Morgan fingerprint density at radius 2 is 2.00 bits per heavy atom. The lowest BCUT2D eigenvalue weighted by Gasteiger charge is -2.38. The first-order valence-corrected chi connectivity index (χ1v) is 12.9. The number of ether oxygens (including phenoxy) is 1. The second kappa shape index (κ2) is 10.2. The van der Waals surface area contributed by atoms with Crippen molar-refractivity contribution in [2.24, 2.45) is 5.92 Å². The summed E-state index contributed by atoms with van der Waals surface area (Å²) in [6.07, 6.45) is 5.64. The molecular weight excluding hydrogens is 482 g/mol. The van der Waals surface area contributed by atoms with Crippen LogP contribution >= 0.6 is 0 Å². The maximum absolute atomic E-state index is 13.2. The van der Waals surface area contributed by atoms with Gasteiger partial charge in [0.2, 0.25) is 11.8 Å². The van der Waals surface area contributed by atoms with Crippen molar-refractivity contribution in [2.75, 3.05) is 6.54 Å². The number of rotatable bonds is 8. The Kier molecular flexibility index (Phi) is 6.45. The summed E-state index contributed by atoms with van der Waals surface area (Å²) in [7, 11) is 0. The van der Waals surface area contributed by atoms with E-state index in [1.807, 2.05) is 23.1 Å². The van der Waals surface area contributed by atoms with Crippen LogP contribution in [0.15, 0.2) is 76.0 Å². The fourth-order valence-corrected chi connectivity index (χ4v) is 4.98. The van der Waals surface area contributed by atoms with Gasteiger partial charge in [-0.05, 0) is 67.1 Å². The number of nitrogens with zero attached hydrogens (tertiary/aromatic N) is 2. The fourth-order valence-electron chi connectivity index (χ4n) is 4.98. The first-order chi connectivity index (χ1) is 18.5. The largest absolute Gasteiger partial charge is 0.484 e. The Bertz CT molecular complexity index is 1450. The summed E-state index contributed by atoms with van der Waals surface area (Å²) in [4.78, 5) is 31.9. The molecule has 0 unspecified atom stereocenters. The van der Waals surface area contributed by atoms with E-state index in [9.17, 15) is 9.59 Å². The molecule has 0 spiro atoms. The number of amides is 2. The van der Waals surface area contributed by atoms with Gasteiger partial charge in [-0.15, -0.1) is 0 Å². The summed E-state index contributed by atoms with van der Waals surface area (Å²) in [5.74, 6) is 1.64. The average molecular weight is 512 g/mol. The predicted molar refractivity (Wildman–Crippen MR) is 138 cm³/mol. The van der Waals surface area contributed by atoms with Crippen LogP contribution in [0.5, 0.6) is 5.75 Å². The van der Waals surface area contributed by atoms with Crippen LogP contribution in [0.1, 0.15) is 63.3 Å². The molecule has 2 amide bonds. The maximum Gasteiger partial charge on any atom is 0.273 e. The molecule has 2 aliphatic rings. The molecule has 4 aromatic rings. The van der Waals surface area contributed by atoms with E-state index in [1.54, 1.807) is 18.4 Å². The van der Waals surface area contributed by atoms with E-state index in [1.165, 1.54) is 11.8 Å². The lowest BCUT2D eigenvalue weighted by Crippen LogP contribution is -2.41. The van der Waals surface area contributed by atoms with E-state index in [4.69, 9.17) is 13.6 Å². The lowest BCUT2D eigenvalue weighted by molar-refractivity contribution is -0.134. The molecule has 6 rings (SSSR count). The molecule has 1 aliphatic heterocycles. The number of furan rings is 1. The minimum Gasteiger partial charge on any atom is -0.484 e. The molecule has 1 saturated carbocycles. The van der Waals surface area contributed by atoms with Crippen LogP contribution in [0.3, 0.4) is 0 Å². The van der Waals surface area contributed by atoms with Gasteiger partial charge in [-0.3, -0.25) is 9.59 Å². The molecule has 8 nitrogen and oxygen atoms in total. The van der Waals surface area contributed by atoms with Gasteiger partial charge in [0.15, 0.2) is 12.3 Å². The number of fused-ring (bicyclic) bond motifs is 1. The highest BCUT2D eigenvalue weighted by Crippen LogP contribution is 2.41. The van der Waals surface area contributed by atoms with Crippen molar-refractivity contribution in [3.05, 3.63) is 107 Å². The number of nitrogens with one attached hydrogen (secondary N) is 1. The summed E-state index contributed by atoms with van der Waals surface area (Å²) in [6, 6.07) is 17.8. The standard InChI is InChI=1S/C30H29N3O5/c1-19-4-2-5-22(14-19)28-25-15-23(10-9-20(25)11-12-33(28)30(35)21-7-8-21)37-18-27-32-26(17-38-27)29(34)31-16-24-6-3-13-36-24/h2-6,9-10,13-15,17,21,28H,7-8,11-12,16,18H2,1H3,(H,31,34)/t28-/m0/s1. The van der Waals surface area contributed by atoms with E-state index in [0.29, 0.717) is 23.9 Å². The van der Waals surface area contributed by atoms with Crippen LogP contribution in [-0.2, 0) is 24.4 Å². The number of hydrogen-bond donors (Lipinski definition) is 1. The highest BCUT2D eigenvalue weighted by atomic mass is 16.5. The Morgan fingerprint density at radius 1 is 1.11 bits per heavy atom. The molecule has 3 heterocycles. The third-order valence-corrected chi connectivity index (χ3v) is 7.06. The normalized spacial score (nSPS) is 16.7. The Balaban J connectivity index is 1.18. The van der Waals surface area contributed by atoms with E-state index in [-0.39, 0.29) is 42.6 Å². The van der Waals surface area contributed by atoms with Crippen LogP contribution in [0.25, 0.3) is 0 Å². The Hall–Kier alpha value is -4.33. The average Bonchev–Trinajstić information content (AvgIpc) is 3.44. The Labute approximate surface area is 220 Å². The van der Waals surface area contributed by atoms with Crippen LogP contribution in [0.2, 0.25) is 0 Å². The molecule has 2 aromatic carbocycles. The van der Waals surface area contributed by atoms with E-state index in [0.717, 1.165) is 36.0 Å². The van der Waals surface area contributed by atoms with E-state index < -0.39 is 0 Å². The first kappa shape index (κ1) is 24.0. The van der Waals surface area contributed by atoms with Crippen molar-refractivity contribution in [1.82, 2.24) is 15.2 Å². The Morgan fingerprint density at radius 3 is 2.79 bits per heavy atom. The van der Waals surface area contributed by atoms with Gasteiger partial charge in [0, 0.05) is 12.5 Å². The number of oxazole rings is 1. The van der Waals surface area contributed by atoms with Crippen molar-refractivity contribution in [1.29, 1.82) is 0 Å². The molecule has 8 heteroatoms. The molecule has 194 valence electrons. The highest BCUT2D eigenvalue weighted by molar-refractivity contribution is 5.91. The molecule has 0 bridgehead atoms. The topological polar surface area (TPSA) is 97.8 Å². The third-order valence-electron chi connectivity index (χ3n) is 7.06. The molecular formula is C30H29N3O5. The van der Waals surface area contributed by atoms with Gasteiger partial charge in [0.05, 0.1) is 18.8 Å². The summed E-state index contributed by atoms with van der Waals surface area (Å²) < 4.78 is 16.7. The SMILES string of the molecule is Cc1cccc([C@H]2c3cc(OCc4nc(C(=O)NCc5ccco5)co4)ccc3CCN2C(=O)C2CC2)c1. The van der Waals surface area contributed by atoms with Gasteiger partial charge < -0.3 is 23.8 Å².